The van der Waals surface area contributed by atoms with E-state index in [0.29, 0.717) is 35.9 Å². The average Bonchev–Trinajstić information content (AvgIpc) is 3.20. The minimum absolute atomic E-state index is 0.0437. The second kappa shape index (κ2) is 9.75. The summed E-state index contributed by atoms with van der Waals surface area (Å²) in [6.45, 7) is 5.18. The van der Waals surface area contributed by atoms with Crippen molar-refractivity contribution in [2.24, 2.45) is 0 Å². The summed E-state index contributed by atoms with van der Waals surface area (Å²) in [4.78, 5) is 14.0. The molecule has 1 atom stereocenters. The maximum atomic E-state index is 13.4. The van der Waals surface area contributed by atoms with Crippen molar-refractivity contribution in [3.63, 3.8) is 0 Å². The predicted molar refractivity (Wildman–Crippen MR) is 115 cm³/mol. The number of carbonyl (C=O) groups excluding carboxylic acids is 1. The monoisotopic (exact) mass is 428 g/mol. The predicted octanol–water partition coefficient (Wildman–Crippen LogP) is 4.37. The molecule has 1 aromatic carbocycles. The SMILES string of the molecule is COC1=CC(C(C)=O)=CCC1OCCCN1CCC(c2noc3cc(F)ccc23)CC1. The summed E-state index contributed by atoms with van der Waals surface area (Å²) in [7, 11) is 1.62. The summed E-state index contributed by atoms with van der Waals surface area (Å²) in [5.74, 6) is 0.803. The van der Waals surface area contributed by atoms with E-state index < -0.39 is 0 Å². The Morgan fingerprint density at radius 1 is 1.32 bits per heavy atom. The normalized spacial score (nSPS) is 20.5. The number of aromatic nitrogens is 1. The fourth-order valence-corrected chi connectivity index (χ4v) is 4.41. The smallest absolute Gasteiger partial charge is 0.170 e. The van der Waals surface area contributed by atoms with E-state index in [0.717, 1.165) is 50.0 Å². The van der Waals surface area contributed by atoms with Crippen molar-refractivity contribution in [1.29, 1.82) is 0 Å². The lowest BCUT2D eigenvalue weighted by Gasteiger charge is -2.31. The molecule has 1 saturated heterocycles. The Kier molecular flexibility index (Phi) is 6.83. The standard InChI is InChI=1S/C24H29FN2O4/c1-16(28)18-4-7-21(23(14-18)29-2)30-13-3-10-27-11-8-17(9-12-27)24-20-6-5-19(25)15-22(20)31-26-24/h4-6,14-15,17,21H,3,7-13H2,1-2H3. The number of piperidine rings is 1. The maximum Gasteiger partial charge on any atom is 0.170 e. The molecule has 4 rings (SSSR count). The van der Waals surface area contributed by atoms with E-state index in [1.54, 1.807) is 26.2 Å². The Bertz CT molecular complexity index is 989. The molecule has 2 heterocycles. The number of Topliss-reactive ketones (excluding diaryl/α,β-unsaturated/α-hetero) is 1. The number of nitrogens with zero attached hydrogens (tertiary/aromatic N) is 2. The van der Waals surface area contributed by atoms with Crippen LogP contribution in [0.3, 0.4) is 0 Å². The number of carbonyl (C=O) groups is 1. The van der Waals surface area contributed by atoms with E-state index in [2.05, 4.69) is 10.1 Å². The Hall–Kier alpha value is -2.51. The molecule has 6 nitrogen and oxygen atoms in total. The highest BCUT2D eigenvalue weighted by atomic mass is 19.1. The average molecular weight is 429 g/mol. The van der Waals surface area contributed by atoms with Crippen LogP contribution < -0.4 is 0 Å². The summed E-state index contributed by atoms with van der Waals surface area (Å²) in [5.41, 5.74) is 2.16. The van der Waals surface area contributed by atoms with Gasteiger partial charge in [0.05, 0.1) is 12.8 Å². The van der Waals surface area contributed by atoms with Crippen LogP contribution in [-0.2, 0) is 14.3 Å². The second-order valence-corrected chi connectivity index (χ2v) is 8.24. The molecule has 31 heavy (non-hydrogen) atoms. The van der Waals surface area contributed by atoms with Gasteiger partial charge in [-0.2, -0.15) is 0 Å². The molecule has 0 amide bonds. The van der Waals surface area contributed by atoms with Crippen LogP contribution in [0.2, 0.25) is 0 Å². The Labute approximate surface area is 181 Å². The van der Waals surface area contributed by atoms with Gasteiger partial charge in [0.25, 0.3) is 0 Å². The van der Waals surface area contributed by atoms with Crippen molar-refractivity contribution in [2.45, 2.75) is 44.6 Å². The van der Waals surface area contributed by atoms with Gasteiger partial charge in [0, 0.05) is 36.1 Å². The summed E-state index contributed by atoms with van der Waals surface area (Å²) in [6, 6.07) is 4.63. The molecule has 1 aliphatic heterocycles. The van der Waals surface area contributed by atoms with Crippen LogP contribution in [0.5, 0.6) is 0 Å². The van der Waals surface area contributed by atoms with Crippen molar-refractivity contribution < 1.29 is 23.2 Å². The molecule has 1 aromatic heterocycles. The van der Waals surface area contributed by atoms with Gasteiger partial charge in [-0.15, -0.1) is 0 Å². The third-order valence-corrected chi connectivity index (χ3v) is 6.18. The van der Waals surface area contributed by atoms with Crippen LogP contribution in [0, 0.1) is 5.82 Å². The number of hydrogen-bond acceptors (Lipinski definition) is 6. The fraction of sp³-hybridized carbons (Fsp3) is 0.500. The molecule has 0 bridgehead atoms. The third kappa shape index (κ3) is 5.05. The first-order valence-electron chi connectivity index (χ1n) is 10.9. The number of ether oxygens (including phenoxy) is 2. The number of benzene rings is 1. The minimum Gasteiger partial charge on any atom is -0.498 e. The lowest BCUT2D eigenvalue weighted by Crippen LogP contribution is -2.34. The van der Waals surface area contributed by atoms with E-state index in [-0.39, 0.29) is 17.7 Å². The van der Waals surface area contributed by atoms with Crippen molar-refractivity contribution in [1.82, 2.24) is 10.1 Å². The van der Waals surface area contributed by atoms with Crippen LogP contribution in [0.1, 0.15) is 44.2 Å². The zero-order valence-electron chi connectivity index (χ0n) is 18.1. The maximum absolute atomic E-state index is 13.4. The van der Waals surface area contributed by atoms with Crippen LogP contribution in [0.25, 0.3) is 11.0 Å². The largest absolute Gasteiger partial charge is 0.498 e. The Morgan fingerprint density at radius 2 is 2.13 bits per heavy atom. The number of likely N-dealkylation sites (tertiary alicyclic amines) is 1. The first-order chi connectivity index (χ1) is 15.0. The third-order valence-electron chi connectivity index (χ3n) is 6.18. The summed E-state index contributed by atoms with van der Waals surface area (Å²) < 4.78 is 30.1. The zero-order valence-corrected chi connectivity index (χ0v) is 18.1. The van der Waals surface area contributed by atoms with Gasteiger partial charge in [0.15, 0.2) is 11.4 Å². The summed E-state index contributed by atoms with van der Waals surface area (Å²) in [6.07, 6.45) is 7.20. The van der Waals surface area contributed by atoms with E-state index in [1.807, 2.05) is 6.08 Å². The lowest BCUT2D eigenvalue weighted by molar-refractivity contribution is -0.113. The van der Waals surface area contributed by atoms with Gasteiger partial charge in [0.1, 0.15) is 17.7 Å². The molecule has 166 valence electrons. The molecule has 7 heteroatoms. The van der Waals surface area contributed by atoms with Crippen molar-refractivity contribution in [3.8, 4) is 0 Å². The quantitative estimate of drug-likeness (QED) is 0.582. The first-order valence-corrected chi connectivity index (χ1v) is 10.9. The number of allylic oxidation sites excluding steroid dienone is 2. The molecule has 0 N–H and O–H groups in total. The van der Waals surface area contributed by atoms with Gasteiger partial charge in [0.2, 0.25) is 0 Å². The zero-order chi connectivity index (χ0) is 21.8. The number of halogens is 1. The highest BCUT2D eigenvalue weighted by Crippen LogP contribution is 2.32. The summed E-state index contributed by atoms with van der Waals surface area (Å²) >= 11 is 0. The molecular formula is C24H29FN2O4. The highest BCUT2D eigenvalue weighted by molar-refractivity contribution is 5.96. The molecule has 1 unspecified atom stereocenters. The molecule has 1 fully saturated rings. The van der Waals surface area contributed by atoms with Gasteiger partial charge in [-0.25, -0.2) is 4.39 Å². The molecule has 2 aliphatic rings. The first kappa shape index (κ1) is 21.7. The molecule has 2 aromatic rings. The van der Waals surface area contributed by atoms with Gasteiger partial charge in [-0.1, -0.05) is 11.2 Å². The van der Waals surface area contributed by atoms with Crippen LogP contribution in [0.15, 0.2) is 46.2 Å². The van der Waals surface area contributed by atoms with Crippen LogP contribution in [0.4, 0.5) is 4.39 Å². The molecule has 1 aliphatic carbocycles. The number of hydrogen-bond donors (Lipinski definition) is 0. The van der Waals surface area contributed by atoms with Crippen LogP contribution >= 0.6 is 0 Å². The van der Waals surface area contributed by atoms with Crippen LogP contribution in [-0.4, -0.2) is 55.3 Å². The summed E-state index contributed by atoms with van der Waals surface area (Å²) in [5, 5.41) is 5.14. The number of rotatable bonds is 8. The van der Waals surface area contributed by atoms with E-state index in [4.69, 9.17) is 14.0 Å². The number of ketones is 1. The fourth-order valence-electron chi connectivity index (χ4n) is 4.41. The highest BCUT2D eigenvalue weighted by Gasteiger charge is 2.25. The van der Waals surface area contributed by atoms with Gasteiger partial charge < -0.3 is 18.9 Å². The Morgan fingerprint density at radius 3 is 2.87 bits per heavy atom. The van der Waals surface area contributed by atoms with Gasteiger partial charge >= 0.3 is 0 Å². The van der Waals surface area contributed by atoms with E-state index in [1.165, 1.54) is 12.1 Å². The number of fused-ring (bicyclic) bond motifs is 1. The van der Waals surface area contributed by atoms with Gasteiger partial charge in [-0.3, -0.25) is 4.79 Å². The lowest BCUT2D eigenvalue weighted by atomic mass is 9.91. The van der Waals surface area contributed by atoms with E-state index in [9.17, 15) is 9.18 Å². The van der Waals surface area contributed by atoms with Gasteiger partial charge in [-0.05, 0) is 63.9 Å². The molecular weight excluding hydrogens is 399 g/mol. The number of methoxy groups -OCH3 is 1. The second-order valence-electron chi connectivity index (χ2n) is 8.24. The molecule has 0 spiro atoms. The topological polar surface area (TPSA) is 64.8 Å². The van der Waals surface area contributed by atoms with Crippen molar-refractivity contribution in [3.05, 3.63) is 53.2 Å². The van der Waals surface area contributed by atoms with Crippen molar-refractivity contribution >= 4 is 16.8 Å². The molecule has 0 radical (unpaired) electrons. The minimum atomic E-state index is -0.302. The Balaban J connectivity index is 1.20. The molecule has 0 saturated carbocycles. The van der Waals surface area contributed by atoms with E-state index >= 15 is 0 Å². The van der Waals surface area contributed by atoms with Crippen molar-refractivity contribution in [2.75, 3.05) is 33.4 Å².